The molecule has 3 amide bonds. The van der Waals surface area contributed by atoms with Crippen LogP contribution in [0.2, 0.25) is 0 Å². The van der Waals surface area contributed by atoms with Crippen LogP contribution < -0.4 is 26.8 Å². The summed E-state index contributed by atoms with van der Waals surface area (Å²) in [6.07, 6.45) is 2.29. The van der Waals surface area contributed by atoms with Gasteiger partial charge in [-0.3, -0.25) is 14.6 Å². The van der Waals surface area contributed by atoms with Gasteiger partial charge in [-0.1, -0.05) is 18.2 Å². The molecular weight excluding hydrogens is 596 g/mol. The van der Waals surface area contributed by atoms with Crippen LogP contribution >= 0.6 is 0 Å². The van der Waals surface area contributed by atoms with Crippen LogP contribution in [0.5, 0.6) is 0 Å². The van der Waals surface area contributed by atoms with Crippen molar-refractivity contribution in [3.8, 4) is 11.1 Å². The first kappa shape index (κ1) is 32.9. The van der Waals surface area contributed by atoms with E-state index in [4.69, 9.17) is 15.6 Å². The number of alkyl carbamates (subject to hydrolysis) is 1. The average molecular weight is 633 g/mol. The van der Waals surface area contributed by atoms with Crippen LogP contribution in [0.15, 0.2) is 77.8 Å². The number of anilines is 2. The summed E-state index contributed by atoms with van der Waals surface area (Å²) in [6.45, 7) is 6.30. The number of aromatic nitrogens is 1. The van der Waals surface area contributed by atoms with Gasteiger partial charge in [-0.15, -0.1) is 0 Å². The smallest absolute Gasteiger partial charge is 0.407 e. The summed E-state index contributed by atoms with van der Waals surface area (Å²) in [6, 6.07) is 18.4. The Kier molecular flexibility index (Phi) is 10.0. The highest BCUT2D eigenvalue weighted by Gasteiger charge is 2.17. The number of nitrogens with zero attached hydrogens (tertiary/aromatic N) is 1. The molecule has 0 bridgehead atoms. The molecule has 0 saturated heterocycles. The van der Waals surface area contributed by atoms with Crippen LogP contribution in [-0.4, -0.2) is 50.0 Å². The van der Waals surface area contributed by atoms with Gasteiger partial charge in [-0.25, -0.2) is 18.4 Å². The van der Waals surface area contributed by atoms with Crippen molar-refractivity contribution in [3.05, 3.63) is 84.1 Å². The van der Waals surface area contributed by atoms with Crippen LogP contribution in [-0.2, 0) is 14.8 Å². The Morgan fingerprint density at radius 2 is 1.49 bits per heavy atom. The molecule has 3 aromatic carbocycles. The zero-order chi connectivity index (χ0) is 32.8. The zero-order valence-electron chi connectivity index (χ0n) is 25.2. The number of amides is 3. The molecule has 4 rings (SSSR count). The maximum absolute atomic E-state index is 12.7. The summed E-state index contributed by atoms with van der Waals surface area (Å²) < 4.78 is 28.5. The van der Waals surface area contributed by atoms with E-state index in [0.29, 0.717) is 53.8 Å². The molecule has 0 saturated carbocycles. The van der Waals surface area contributed by atoms with Crippen LogP contribution in [0.3, 0.4) is 0 Å². The first-order chi connectivity index (χ1) is 21.2. The monoisotopic (exact) mass is 632 g/mol. The van der Waals surface area contributed by atoms with Crippen LogP contribution in [0, 0.1) is 0 Å². The van der Waals surface area contributed by atoms with Gasteiger partial charge >= 0.3 is 6.09 Å². The Hall–Kier alpha value is -5.01. The highest BCUT2D eigenvalue weighted by atomic mass is 32.2. The average Bonchev–Trinajstić information content (AvgIpc) is 2.97. The van der Waals surface area contributed by atoms with Crippen molar-refractivity contribution >= 4 is 50.2 Å². The molecular formula is C32H36N6O6S. The fraction of sp³-hybridized carbons (Fsp3) is 0.250. The molecule has 0 fully saturated rings. The van der Waals surface area contributed by atoms with Gasteiger partial charge in [0.1, 0.15) is 5.60 Å². The van der Waals surface area contributed by atoms with E-state index >= 15 is 0 Å². The highest BCUT2D eigenvalue weighted by Crippen LogP contribution is 2.33. The molecule has 13 heteroatoms. The third-order valence-electron chi connectivity index (χ3n) is 6.62. The number of hydrogen-bond acceptors (Lipinski definition) is 8. The summed E-state index contributed by atoms with van der Waals surface area (Å²) in [5, 5.41) is 14.6. The first-order valence-electron chi connectivity index (χ1n) is 14.2. The predicted molar refractivity (Wildman–Crippen MR) is 173 cm³/mol. The number of nitrogens with one attached hydrogen (secondary N) is 3. The van der Waals surface area contributed by atoms with Crippen molar-refractivity contribution in [3.63, 3.8) is 0 Å². The van der Waals surface area contributed by atoms with Gasteiger partial charge in [0.05, 0.1) is 21.7 Å². The van der Waals surface area contributed by atoms with Crippen LogP contribution in [0.25, 0.3) is 22.0 Å². The number of ether oxygens (including phenoxy) is 1. The van der Waals surface area contributed by atoms with Crippen molar-refractivity contribution in [2.75, 3.05) is 18.4 Å². The van der Waals surface area contributed by atoms with Gasteiger partial charge in [-0.2, -0.15) is 0 Å². The number of carbonyl (C=O) groups excluding carboxylic acids is 3. The molecule has 7 N–H and O–H groups in total. The van der Waals surface area contributed by atoms with Crippen molar-refractivity contribution < 1.29 is 27.5 Å². The van der Waals surface area contributed by atoms with E-state index < -0.39 is 27.6 Å². The van der Waals surface area contributed by atoms with Gasteiger partial charge in [0.15, 0.2) is 0 Å². The molecule has 1 heterocycles. The third kappa shape index (κ3) is 9.00. The summed E-state index contributed by atoms with van der Waals surface area (Å²) in [4.78, 5) is 41.0. The topological polar surface area (TPSA) is 196 Å². The fourth-order valence-corrected chi connectivity index (χ4v) is 4.95. The molecule has 0 aliphatic rings. The third-order valence-corrected chi connectivity index (χ3v) is 7.55. The number of rotatable bonds is 11. The number of pyridine rings is 1. The number of carbonyl (C=O) groups is 3. The van der Waals surface area contributed by atoms with Crippen molar-refractivity contribution in [2.45, 2.75) is 44.1 Å². The molecule has 0 unspecified atom stereocenters. The second-order valence-corrected chi connectivity index (χ2v) is 12.9. The lowest BCUT2D eigenvalue weighted by Gasteiger charge is -2.19. The molecule has 12 nitrogen and oxygen atoms in total. The minimum absolute atomic E-state index is 0.0465. The first-order valence-corrected chi connectivity index (χ1v) is 15.7. The van der Waals surface area contributed by atoms with Gasteiger partial charge in [0, 0.05) is 35.9 Å². The van der Waals surface area contributed by atoms with E-state index in [-0.39, 0.29) is 16.4 Å². The Morgan fingerprint density at radius 1 is 0.867 bits per heavy atom. The lowest BCUT2D eigenvalue weighted by Crippen LogP contribution is -2.33. The maximum atomic E-state index is 12.7. The number of unbranched alkanes of at least 4 members (excludes halogenated alkanes) is 1. The van der Waals surface area contributed by atoms with Gasteiger partial charge in [0.25, 0.3) is 11.8 Å². The maximum Gasteiger partial charge on any atom is 0.407 e. The van der Waals surface area contributed by atoms with E-state index in [1.54, 1.807) is 32.9 Å². The van der Waals surface area contributed by atoms with Gasteiger partial charge in [0.2, 0.25) is 10.0 Å². The molecule has 236 valence electrons. The molecule has 4 aromatic rings. The quantitative estimate of drug-likeness (QED) is 0.150. The number of primary amides is 1. The normalized spacial score (nSPS) is 11.6. The number of primary sulfonamides is 1. The predicted octanol–water partition coefficient (Wildman–Crippen LogP) is 4.43. The lowest BCUT2D eigenvalue weighted by atomic mass is 9.99. The number of benzene rings is 3. The van der Waals surface area contributed by atoms with Gasteiger partial charge in [-0.05, 0) is 93.3 Å². The number of fused-ring (bicyclic) bond motifs is 1. The van der Waals surface area contributed by atoms with Crippen LogP contribution in [0.1, 0.15) is 54.3 Å². The second kappa shape index (κ2) is 13.7. The number of sulfonamides is 1. The van der Waals surface area contributed by atoms with Crippen molar-refractivity contribution in [1.29, 1.82) is 0 Å². The number of nitrogens with two attached hydrogens (primary N) is 2. The summed E-state index contributed by atoms with van der Waals surface area (Å²) >= 11 is 0. The fourth-order valence-electron chi connectivity index (χ4n) is 4.44. The lowest BCUT2D eigenvalue weighted by molar-refractivity contribution is 0.0526. The van der Waals surface area contributed by atoms with E-state index in [1.807, 2.05) is 30.3 Å². The molecule has 0 spiro atoms. The molecule has 0 aliphatic heterocycles. The van der Waals surface area contributed by atoms with Crippen molar-refractivity contribution in [2.24, 2.45) is 10.9 Å². The summed E-state index contributed by atoms with van der Waals surface area (Å²) in [5.74, 6) is -0.900. The Bertz CT molecular complexity index is 1820. The molecule has 0 aliphatic carbocycles. The Labute approximate surface area is 261 Å². The SMILES string of the molecule is CC(C)(C)OC(=O)NCCCCNC(=O)c1ccc(-c2ccc3ncc(C(N)=O)c(Nc4ccc(S(N)(=O)=O)cc4)c3c2)cc1. The Morgan fingerprint density at radius 3 is 2.09 bits per heavy atom. The summed E-state index contributed by atoms with van der Waals surface area (Å²) in [7, 11) is -3.86. The number of hydrogen-bond donors (Lipinski definition) is 5. The van der Waals surface area contributed by atoms with Crippen molar-refractivity contribution in [1.82, 2.24) is 15.6 Å². The molecule has 45 heavy (non-hydrogen) atoms. The second-order valence-electron chi connectivity index (χ2n) is 11.3. The molecule has 0 atom stereocenters. The highest BCUT2D eigenvalue weighted by molar-refractivity contribution is 7.89. The minimum atomic E-state index is -3.86. The zero-order valence-corrected chi connectivity index (χ0v) is 26.0. The van der Waals surface area contributed by atoms with Crippen LogP contribution in [0.4, 0.5) is 16.2 Å². The van der Waals surface area contributed by atoms with E-state index in [1.165, 1.54) is 30.5 Å². The molecule has 0 radical (unpaired) electrons. The standard InChI is InChI=1S/C32H36N6O6S/c1-32(2,3)44-31(41)36-17-5-4-16-35-30(40)21-8-6-20(7-9-21)22-10-15-27-25(18-22)28(26(19-37-27)29(33)39)38-23-11-13-24(14-12-23)45(34,42)43/h6-15,18-19H,4-5,16-17H2,1-3H3,(H2,33,39)(H,35,40)(H,36,41)(H,37,38)(H2,34,42,43). The van der Waals surface area contributed by atoms with Gasteiger partial charge < -0.3 is 26.4 Å². The van der Waals surface area contributed by atoms with E-state index in [0.717, 1.165) is 11.1 Å². The Balaban J connectivity index is 1.44. The van der Waals surface area contributed by atoms with E-state index in [2.05, 4.69) is 20.9 Å². The minimum Gasteiger partial charge on any atom is -0.444 e. The molecule has 1 aromatic heterocycles. The summed E-state index contributed by atoms with van der Waals surface area (Å²) in [5.41, 5.74) is 8.91. The largest absolute Gasteiger partial charge is 0.444 e. The van der Waals surface area contributed by atoms with E-state index in [9.17, 15) is 22.8 Å².